The Labute approximate surface area is 206 Å². The molecule has 1 unspecified atom stereocenters. The van der Waals surface area contributed by atoms with Gasteiger partial charge in [0.1, 0.15) is 5.75 Å². The number of rotatable bonds is 10. The Bertz CT molecular complexity index is 750. The van der Waals surface area contributed by atoms with E-state index >= 15 is 0 Å². The summed E-state index contributed by atoms with van der Waals surface area (Å²) in [6.07, 6.45) is 4.70. The van der Waals surface area contributed by atoms with E-state index in [0.717, 1.165) is 69.8 Å². The van der Waals surface area contributed by atoms with Gasteiger partial charge in [0, 0.05) is 38.4 Å². The van der Waals surface area contributed by atoms with Crippen LogP contribution in [0.15, 0.2) is 54.6 Å². The minimum absolute atomic E-state index is 0. The molecule has 1 aliphatic heterocycles. The van der Waals surface area contributed by atoms with Gasteiger partial charge in [-0.25, -0.2) is 0 Å². The molecule has 0 saturated carbocycles. The van der Waals surface area contributed by atoms with E-state index in [1.54, 1.807) is 0 Å². The Balaban J connectivity index is 0.00000256. The zero-order valence-electron chi connectivity index (χ0n) is 19.7. The van der Waals surface area contributed by atoms with Gasteiger partial charge in [-0.05, 0) is 62.4 Å². The van der Waals surface area contributed by atoms with E-state index in [2.05, 4.69) is 73.2 Å². The number of ether oxygens (including phenoxy) is 1. The second-order valence-electron chi connectivity index (χ2n) is 8.71. The van der Waals surface area contributed by atoms with Gasteiger partial charge in [-0.1, -0.05) is 43.7 Å². The van der Waals surface area contributed by atoms with Crippen molar-refractivity contribution in [1.82, 2.24) is 4.90 Å². The topological polar surface area (TPSA) is 35.9 Å². The molecule has 1 atom stereocenters. The highest BCUT2D eigenvalue weighted by Crippen LogP contribution is 2.31. The normalized spacial score (nSPS) is 16.4. The molecule has 0 aromatic heterocycles. The summed E-state index contributed by atoms with van der Waals surface area (Å²) in [5, 5.41) is 11.1. The summed E-state index contributed by atoms with van der Waals surface area (Å²) in [5.74, 6) is 0.930. The van der Waals surface area contributed by atoms with Gasteiger partial charge >= 0.3 is 0 Å². The van der Waals surface area contributed by atoms with Crippen LogP contribution in [-0.4, -0.2) is 48.9 Å². The van der Waals surface area contributed by atoms with Crippen molar-refractivity contribution in [1.29, 1.82) is 0 Å². The van der Waals surface area contributed by atoms with Gasteiger partial charge in [0.15, 0.2) is 0 Å². The molecule has 1 aliphatic rings. The van der Waals surface area contributed by atoms with E-state index in [1.807, 2.05) is 12.1 Å². The van der Waals surface area contributed by atoms with Crippen molar-refractivity contribution >= 4 is 30.5 Å². The maximum absolute atomic E-state index is 11.1. The first-order valence-corrected chi connectivity index (χ1v) is 11.5. The molecule has 0 bridgehead atoms. The summed E-state index contributed by atoms with van der Waals surface area (Å²) in [7, 11) is 2.10. The first-order valence-electron chi connectivity index (χ1n) is 11.5. The van der Waals surface area contributed by atoms with Gasteiger partial charge < -0.3 is 14.7 Å². The third-order valence-corrected chi connectivity index (χ3v) is 6.52. The minimum atomic E-state index is -0.565. The molecule has 1 heterocycles. The van der Waals surface area contributed by atoms with Crippen molar-refractivity contribution in [2.75, 3.05) is 38.2 Å². The summed E-state index contributed by atoms with van der Waals surface area (Å²) < 4.78 is 5.75. The maximum Gasteiger partial charge on any atom is 0.119 e. The number of hydrogen-bond donors (Lipinski definition) is 1. The largest absolute Gasteiger partial charge is 0.494 e. The van der Waals surface area contributed by atoms with Gasteiger partial charge in [-0.3, -0.25) is 4.90 Å². The monoisotopic (exact) mass is 482 g/mol. The van der Waals surface area contributed by atoms with E-state index in [4.69, 9.17) is 4.74 Å². The molecule has 0 amide bonds. The second kappa shape index (κ2) is 13.9. The fourth-order valence-corrected chi connectivity index (χ4v) is 4.16. The molecule has 1 saturated heterocycles. The third-order valence-electron chi connectivity index (χ3n) is 6.52. The van der Waals surface area contributed by atoms with Crippen LogP contribution in [0, 0.1) is 0 Å². The third kappa shape index (κ3) is 8.15. The van der Waals surface area contributed by atoms with Crippen molar-refractivity contribution in [3.8, 4) is 5.75 Å². The lowest BCUT2D eigenvalue weighted by Gasteiger charge is -2.41. The van der Waals surface area contributed by atoms with Crippen LogP contribution >= 0.6 is 24.8 Å². The molecule has 1 N–H and O–H groups in total. The summed E-state index contributed by atoms with van der Waals surface area (Å²) in [6, 6.07) is 19.4. The number of likely N-dealkylation sites (tertiary alicyclic amines) is 1. The smallest absolute Gasteiger partial charge is 0.119 e. The number of nitrogens with zero attached hydrogens (tertiary/aromatic N) is 2. The fraction of sp³-hybridized carbons (Fsp3) is 0.538. The first kappa shape index (κ1) is 28.6. The first-order chi connectivity index (χ1) is 14.5. The predicted molar refractivity (Wildman–Crippen MR) is 140 cm³/mol. The zero-order valence-corrected chi connectivity index (χ0v) is 21.3. The van der Waals surface area contributed by atoms with Crippen LogP contribution in [-0.2, 0) is 0 Å². The highest BCUT2D eigenvalue weighted by atomic mass is 35.5. The van der Waals surface area contributed by atoms with Crippen LogP contribution in [0.25, 0.3) is 0 Å². The van der Waals surface area contributed by atoms with Crippen LogP contribution < -0.4 is 9.64 Å². The van der Waals surface area contributed by atoms with Crippen molar-refractivity contribution in [3.63, 3.8) is 0 Å². The van der Waals surface area contributed by atoms with Gasteiger partial charge in [0.2, 0.25) is 0 Å². The van der Waals surface area contributed by atoms with E-state index < -0.39 is 5.60 Å². The van der Waals surface area contributed by atoms with Crippen LogP contribution in [0.2, 0.25) is 0 Å². The van der Waals surface area contributed by atoms with E-state index in [9.17, 15) is 5.11 Å². The van der Waals surface area contributed by atoms with Gasteiger partial charge in [-0.2, -0.15) is 0 Å². The maximum atomic E-state index is 11.1. The average Bonchev–Trinajstić information content (AvgIpc) is 2.79. The summed E-state index contributed by atoms with van der Waals surface area (Å²) in [4.78, 5) is 4.72. The predicted octanol–water partition coefficient (Wildman–Crippen LogP) is 6.12. The number of unbranched alkanes of at least 4 members (excludes halogenated alkanes) is 1. The van der Waals surface area contributed by atoms with Crippen LogP contribution in [0.4, 0.5) is 5.69 Å². The van der Waals surface area contributed by atoms with Crippen molar-refractivity contribution in [2.45, 2.75) is 57.6 Å². The van der Waals surface area contributed by atoms with Crippen molar-refractivity contribution in [2.24, 2.45) is 0 Å². The Morgan fingerprint density at radius 2 is 1.66 bits per heavy atom. The van der Waals surface area contributed by atoms with Gasteiger partial charge in [0.05, 0.1) is 12.2 Å². The molecule has 2 aromatic rings. The average molecular weight is 484 g/mol. The van der Waals surface area contributed by atoms with E-state index in [-0.39, 0.29) is 24.8 Å². The molecular weight excluding hydrogens is 443 g/mol. The molecule has 1 fully saturated rings. The molecular formula is C26H40Cl2N2O2. The second-order valence-corrected chi connectivity index (χ2v) is 8.71. The Kier molecular flexibility index (Phi) is 12.5. The van der Waals surface area contributed by atoms with Gasteiger partial charge in [0.25, 0.3) is 0 Å². The SMILES string of the molecule is CCCCOc1ccc(N(C)CCC2(O)CCN(C(C)c3ccccc3)CC2)cc1.Cl.Cl. The van der Waals surface area contributed by atoms with Crippen LogP contribution in [0.3, 0.4) is 0 Å². The molecule has 2 aromatic carbocycles. The summed E-state index contributed by atoms with van der Waals surface area (Å²) in [5.41, 5.74) is 1.95. The van der Waals surface area contributed by atoms with Crippen LogP contribution in [0.1, 0.15) is 57.6 Å². The lowest BCUT2D eigenvalue weighted by molar-refractivity contribution is -0.0339. The molecule has 3 rings (SSSR count). The number of anilines is 1. The highest BCUT2D eigenvalue weighted by molar-refractivity contribution is 5.85. The Morgan fingerprint density at radius 1 is 1.03 bits per heavy atom. The lowest BCUT2D eigenvalue weighted by Crippen LogP contribution is -2.46. The van der Waals surface area contributed by atoms with Crippen molar-refractivity contribution in [3.05, 3.63) is 60.2 Å². The molecule has 0 radical (unpaired) electrons. The number of hydrogen-bond acceptors (Lipinski definition) is 4. The highest BCUT2D eigenvalue weighted by Gasteiger charge is 2.33. The number of halogens is 2. The van der Waals surface area contributed by atoms with Crippen molar-refractivity contribution < 1.29 is 9.84 Å². The molecule has 0 aliphatic carbocycles. The fourth-order valence-electron chi connectivity index (χ4n) is 4.16. The number of aliphatic hydroxyl groups is 1. The quantitative estimate of drug-likeness (QED) is 0.413. The Morgan fingerprint density at radius 3 is 2.25 bits per heavy atom. The summed E-state index contributed by atoms with van der Waals surface area (Å²) >= 11 is 0. The van der Waals surface area contributed by atoms with E-state index in [0.29, 0.717) is 6.04 Å². The lowest BCUT2D eigenvalue weighted by atomic mass is 9.87. The number of piperidine rings is 1. The van der Waals surface area contributed by atoms with Gasteiger partial charge in [-0.15, -0.1) is 24.8 Å². The zero-order chi connectivity index (χ0) is 21.4. The molecule has 6 heteroatoms. The standard InChI is InChI=1S/C26H38N2O2.2ClH/c1-4-5-21-30-25-13-11-24(12-14-25)27(3)18-15-26(29)16-19-28(20-17-26)22(2)23-9-7-6-8-10-23;;/h6-14,22,29H,4-5,15-21H2,1-3H3;2*1H. The minimum Gasteiger partial charge on any atom is -0.494 e. The Hall–Kier alpha value is -1.46. The molecule has 0 spiro atoms. The molecule has 4 nitrogen and oxygen atoms in total. The van der Waals surface area contributed by atoms with E-state index in [1.165, 1.54) is 5.56 Å². The molecule has 180 valence electrons. The summed E-state index contributed by atoms with van der Waals surface area (Å²) in [6.45, 7) is 7.95. The molecule has 32 heavy (non-hydrogen) atoms. The number of benzene rings is 2. The van der Waals surface area contributed by atoms with Crippen LogP contribution in [0.5, 0.6) is 5.75 Å².